The van der Waals surface area contributed by atoms with E-state index in [1.165, 1.54) is 38.1 Å². The van der Waals surface area contributed by atoms with E-state index in [9.17, 15) is 39.6 Å². The molecule has 0 radical (unpaired) electrons. The molecule has 12 heteroatoms. The summed E-state index contributed by atoms with van der Waals surface area (Å²) in [6.07, 6.45) is -11.8. The van der Waals surface area contributed by atoms with Crippen LogP contribution in [0.15, 0.2) is 47.4 Å². The lowest BCUT2D eigenvalue weighted by molar-refractivity contribution is -0.389. The first-order valence-corrected chi connectivity index (χ1v) is 11.8. The number of rotatable bonds is 8. The van der Waals surface area contributed by atoms with E-state index in [4.69, 9.17) is 0 Å². The average Bonchev–Trinajstić information content (AvgIpc) is 2.73. The molecule has 0 atom stereocenters. The van der Waals surface area contributed by atoms with Gasteiger partial charge in [-0.15, -0.1) is 0 Å². The summed E-state index contributed by atoms with van der Waals surface area (Å²) in [5, 5.41) is 2.37. The molecular formula is C22H23F6NO4S. The summed E-state index contributed by atoms with van der Waals surface area (Å²) in [6, 6.07) is 7.02. The Morgan fingerprint density at radius 2 is 1.50 bits per heavy atom. The topological polar surface area (TPSA) is 72.5 Å². The number of carbonyl (C=O) groups excluding carboxylic acids is 1. The Bertz CT molecular complexity index is 1110. The normalized spacial score (nSPS) is 13.1. The highest BCUT2D eigenvalue weighted by Crippen LogP contribution is 2.54. The van der Waals surface area contributed by atoms with Crippen molar-refractivity contribution in [1.82, 2.24) is 0 Å². The molecule has 0 saturated heterocycles. The van der Waals surface area contributed by atoms with Gasteiger partial charge >= 0.3 is 12.4 Å². The Morgan fingerprint density at radius 1 is 0.941 bits per heavy atom. The molecule has 0 aromatic heterocycles. The van der Waals surface area contributed by atoms with Crippen molar-refractivity contribution in [1.29, 1.82) is 0 Å². The number of halogens is 6. The lowest BCUT2D eigenvalue weighted by Crippen LogP contribution is -2.56. The Kier molecular flexibility index (Phi) is 8.09. The minimum Gasteiger partial charge on any atom is -0.354 e. The molecule has 0 bridgehead atoms. The van der Waals surface area contributed by atoms with Gasteiger partial charge in [0.2, 0.25) is 5.91 Å². The van der Waals surface area contributed by atoms with Gasteiger partial charge in [0.25, 0.3) is 5.60 Å². The summed E-state index contributed by atoms with van der Waals surface area (Å²) < 4.78 is 112. The summed E-state index contributed by atoms with van der Waals surface area (Å²) in [4.78, 5) is 11.5. The van der Waals surface area contributed by atoms with Gasteiger partial charge in [0.1, 0.15) is 0 Å². The van der Waals surface area contributed by atoms with Crippen molar-refractivity contribution in [3.63, 3.8) is 0 Å². The maximum atomic E-state index is 14.0. The Morgan fingerprint density at radius 3 is 1.94 bits per heavy atom. The molecule has 0 saturated carbocycles. The fourth-order valence-electron chi connectivity index (χ4n) is 3.30. The molecule has 0 aliphatic carbocycles. The summed E-state index contributed by atoms with van der Waals surface area (Å²) in [6.45, 7) is 3.10. The molecule has 0 spiro atoms. The van der Waals surface area contributed by atoms with E-state index in [0.29, 0.717) is 12.1 Å². The van der Waals surface area contributed by atoms with Crippen molar-refractivity contribution in [3.8, 4) is 11.1 Å². The molecule has 0 heterocycles. The van der Waals surface area contributed by atoms with E-state index in [2.05, 4.69) is 10.1 Å². The minimum atomic E-state index is -5.85. The second kappa shape index (κ2) is 9.95. The summed E-state index contributed by atoms with van der Waals surface area (Å²) in [7, 11) is -3.59. The van der Waals surface area contributed by atoms with E-state index in [-0.39, 0.29) is 33.9 Å². The van der Waals surface area contributed by atoms with Crippen molar-refractivity contribution in [3.05, 3.63) is 48.0 Å². The maximum Gasteiger partial charge on any atom is 0.430 e. The molecule has 2 rings (SSSR count). The molecule has 0 unspecified atom stereocenters. The number of hydrogen-bond donors (Lipinski definition) is 1. The SMILES string of the molecule is CCCOC(c1ccc(NC(C)=O)c(-c2ccc(S(=O)(=O)CC)cc2)c1)(C(F)(F)F)C(F)(F)F. The molecule has 0 aliphatic rings. The highest BCUT2D eigenvalue weighted by Gasteiger charge is 2.73. The van der Waals surface area contributed by atoms with E-state index in [1.807, 2.05) is 0 Å². The van der Waals surface area contributed by atoms with Crippen LogP contribution in [0.5, 0.6) is 0 Å². The van der Waals surface area contributed by atoms with Gasteiger partial charge < -0.3 is 10.1 Å². The number of benzene rings is 2. The number of amides is 1. The summed E-state index contributed by atoms with van der Waals surface area (Å²) >= 11 is 0. The number of nitrogens with one attached hydrogen (secondary N) is 1. The predicted octanol–water partition coefficient (Wildman–Crippen LogP) is 5.85. The average molecular weight is 511 g/mol. The van der Waals surface area contributed by atoms with Crippen LogP contribution >= 0.6 is 0 Å². The van der Waals surface area contributed by atoms with Gasteiger partial charge in [0, 0.05) is 30.3 Å². The van der Waals surface area contributed by atoms with Crippen LogP contribution in [0.1, 0.15) is 32.8 Å². The van der Waals surface area contributed by atoms with Gasteiger partial charge in [-0.1, -0.05) is 32.0 Å². The summed E-state index contributed by atoms with van der Waals surface area (Å²) in [5.74, 6) is -0.813. The molecule has 0 fully saturated rings. The zero-order chi connectivity index (χ0) is 25.9. The highest BCUT2D eigenvalue weighted by atomic mass is 32.2. The second-order valence-corrected chi connectivity index (χ2v) is 9.67. The van der Waals surface area contributed by atoms with Crippen molar-refractivity contribution < 1.29 is 44.3 Å². The van der Waals surface area contributed by atoms with Crippen molar-refractivity contribution in [2.24, 2.45) is 0 Å². The Labute approximate surface area is 193 Å². The maximum absolute atomic E-state index is 14.0. The van der Waals surface area contributed by atoms with Gasteiger partial charge in [0.15, 0.2) is 9.84 Å². The van der Waals surface area contributed by atoms with Crippen LogP contribution in [0.3, 0.4) is 0 Å². The number of carbonyl (C=O) groups is 1. The van der Waals surface area contributed by atoms with Gasteiger partial charge in [0.05, 0.1) is 10.6 Å². The van der Waals surface area contributed by atoms with Crippen LogP contribution in [0.2, 0.25) is 0 Å². The largest absolute Gasteiger partial charge is 0.430 e. The van der Waals surface area contributed by atoms with Crippen molar-refractivity contribution in [2.45, 2.75) is 50.0 Å². The molecule has 34 heavy (non-hydrogen) atoms. The van der Waals surface area contributed by atoms with Gasteiger partial charge in [-0.25, -0.2) is 8.42 Å². The third kappa shape index (κ3) is 5.38. The zero-order valence-corrected chi connectivity index (χ0v) is 19.3. The number of anilines is 1. The van der Waals surface area contributed by atoms with Crippen LogP contribution < -0.4 is 5.32 Å². The molecule has 1 N–H and O–H groups in total. The van der Waals surface area contributed by atoms with Gasteiger partial charge in [-0.05, 0) is 36.2 Å². The second-order valence-electron chi connectivity index (χ2n) is 7.39. The van der Waals surface area contributed by atoms with E-state index in [0.717, 1.165) is 13.0 Å². The molecule has 0 aliphatic heterocycles. The van der Waals surface area contributed by atoms with E-state index < -0.39 is 45.9 Å². The number of hydrogen-bond acceptors (Lipinski definition) is 4. The lowest BCUT2D eigenvalue weighted by Gasteiger charge is -2.37. The van der Waals surface area contributed by atoms with Crippen LogP contribution in [0, 0.1) is 0 Å². The monoisotopic (exact) mass is 511 g/mol. The lowest BCUT2D eigenvalue weighted by atomic mass is 9.88. The third-order valence-electron chi connectivity index (χ3n) is 4.96. The Hall–Kier alpha value is -2.60. The molecular weight excluding hydrogens is 488 g/mol. The van der Waals surface area contributed by atoms with Crippen LogP contribution in [-0.2, 0) is 25.0 Å². The van der Waals surface area contributed by atoms with Crippen molar-refractivity contribution in [2.75, 3.05) is 17.7 Å². The predicted molar refractivity (Wildman–Crippen MR) is 114 cm³/mol. The number of sulfone groups is 1. The first-order valence-electron chi connectivity index (χ1n) is 10.1. The van der Waals surface area contributed by atoms with Gasteiger partial charge in [-0.3, -0.25) is 4.79 Å². The molecule has 1 amide bonds. The fraction of sp³-hybridized carbons (Fsp3) is 0.409. The Balaban J connectivity index is 2.81. The fourth-order valence-corrected chi connectivity index (χ4v) is 4.18. The quantitative estimate of drug-likeness (QED) is 0.451. The molecule has 2 aromatic rings. The van der Waals surface area contributed by atoms with E-state index >= 15 is 0 Å². The van der Waals surface area contributed by atoms with Gasteiger partial charge in [-0.2, -0.15) is 26.3 Å². The standard InChI is InChI=1S/C22H23F6NO4S/c1-4-12-33-20(21(23,24)25,22(26,27)28)16-8-11-19(29-14(3)30)18(13-16)15-6-9-17(10-7-15)34(31,32)5-2/h6-11,13H,4-5,12H2,1-3H3,(H,29,30). The minimum absolute atomic E-state index is 0.0592. The molecule has 188 valence electrons. The first kappa shape index (κ1) is 27.6. The zero-order valence-electron chi connectivity index (χ0n) is 18.5. The first-order chi connectivity index (χ1) is 15.6. The smallest absolute Gasteiger partial charge is 0.354 e. The number of alkyl halides is 6. The van der Waals surface area contributed by atoms with Crippen LogP contribution in [0.4, 0.5) is 32.0 Å². The third-order valence-corrected chi connectivity index (χ3v) is 6.71. The molecule has 5 nitrogen and oxygen atoms in total. The number of ether oxygens (including phenoxy) is 1. The van der Waals surface area contributed by atoms with Crippen molar-refractivity contribution >= 4 is 21.4 Å². The summed E-state index contributed by atoms with van der Waals surface area (Å²) in [5.41, 5.74) is -5.97. The van der Waals surface area contributed by atoms with E-state index in [1.54, 1.807) is 0 Å². The highest BCUT2D eigenvalue weighted by molar-refractivity contribution is 7.91. The molecule has 2 aromatic carbocycles. The van der Waals surface area contributed by atoms with Crippen LogP contribution in [-0.4, -0.2) is 39.0 Å². The van der Waals surface area contributed by atoms with Crippen LogP contribution in [0.25, 0.3) is 11.1 Å².